The molecule has 9 nitrogen and oxygen atoms in total. The molecule has 2 aromatic carbocycles. The van der Waals surface area contributed by atoms with Crippen LogP contribution in [0.4, 0.5) is 5.69 Å². The van der Waals surface area contributed by atoms with Gasteiger partial charge in [-0.3, -0.25) is 24.5 Å². The quantitative estimate of drug-likeness (QED) is 0.140. The first-order chi connectivity index (χ1) is 16.9. The Kier molecular flexibility index (Phi) is 7.13. The Morgan fingerprint density at radius 1 is 1.20 bits per heavy atom. The van der Waals surface area contributed by atoms with Crippen LogP contribution in [0.25, 0.3) is 0 Å². The summed E-state index contributed by atoms with van der Waals surface area (Å²) in [6.07, 6.45) is 1.49. The van der Waals surface area contributed by atoms with E-state index in [1.807, 2.05) is 18.2 Å². The Morgan fingerprint density at radius 3 is 2.57 bits per heavy atom. The van der Waals surface area contributed by atoms with E-state index in [1.165, 1.54) is 7.11 Å². The number of unbranched alkanes of at least 4 members (excludes halogenated alkanes) is 1. The highest BCUT2D eigenvalue weighted by atomic mass is 16.5. The number of hydrogen-bond donors (Lipinski definition) is 3. The second-order valence-corrected chi connectivity index (χ2v) is 8.37. The van der Waals surface area contributed by atoms with Gasteiger partial charge in [-0.1, -0.05) is 30.0 Å². The van der Waals surface area contributed by atoms with Crippen LogP contribution in [0.2, 0.25) is 0 Å². The van der Waals surface area contributed by atoms with Gasteiger partial charge in [0.25, 0.3) is 11.8 Å². The summed E-state index contributed by atoms with van der Waals surface area (Å²) in [5.41, 5.74) is 4.82. The Hall–Kier alpha value is -4.16. The lowest BCUT2D eigenvalue weighted by Crippen LogP contribution is -2.46. The third-order valence-corrected chi connectivity index (χ3v) is 6.21. The molecule has 1 unspecified atom stereocenters. The SMILES string of the molecule is COC(=O)[C@H](CC1CNc2cc(C#CCCCC(=O)NO)ccc21)N1C(=O)c2ccccc2C1=O. The van der Waals surface area contributed by atoms with E-state index in [2.05, 4.69) is 17.2 Å². The van der Waals surface area contributed by atoms with E-state index in [-0.39, 0.29) is 29.9 Å². The second kappa shape index (κ2) is 10.4. The van der Waals surface area contributed by atoms with Crippen LogP contribution in [0.3, 0.4) is 0 Å². The summed E-state index contributed by atoms with van der Waals surface area (Å²) in [5.74, 6) is 3.90. The lowest BCUT2D eigenvalue weighted by molar-refractivity contribution is -0.145. The number of benzene rings is 2. The highest BCUT2D eigenvalue weighted by Crippen LogP contribution is 2.37. The van der Waals surface area contributed by atoms with Gasteiger partial charge in [0.05, 0.1) is 18.2 Å². The van der Waals surface area contributed by atoms with Gasteiger partial charge in [0, 0.05) is 36.6 Å². The fraction of sp³-hybridized carbons (Fsp3) is 0.308. The van der Waals surface area contributed by atoms with Gasteiger partial charge in [-0.25, -0.2) is 10.3 Å². The van der Waals surface area contributed by atoms with Crippen molar-refractivity contribution in [2.75, 3.05) is 19.0 Å². The van der Waals surface area contributed by atoms with Crippen LogP contribution in [0.15, 0.2) is 42.5 Å². The van der Waals surface area contributed by atoms with Crippen LogP contribution in [0, 0.1) is 11.8 Å². The molecule has 0 radical (unpaired) electrons. The zero-order chi connectivity index (χ0) is 24.9. The van der Waals surface area contributed by atoms with Gasteiger partial charge in [-0.2, -0.15) is 0 Å². The van der Waals surface area contributed by atoms with Crippen molar-refractivity contribution in [1.29, 1.82) is 0 Å². The molecular formula is C26H25N3O6. The maximum Gasteiger partial charge on any atom is 0.329 e. The van der Waals surface area contributed by atoms with Crippen molar-refractivity contribution >= 4 is 29.4 Å². The Bertz CT molecular complexity index is 1210. The summed E-state index contributed by atoms with van der Waals surface area (Å²) >= 11 is 0. The number of nitrogens with zero attached hydrogens (tertiary/aromatic N) is 1. The van der Waals surface area contributed by atoms with Crippen molar-refractivity contribution in [2.45, 2.75) is 37.6 Å². The standard InChI is InChI=1S/C26H25N3O6/c1-35-26(33)22(29-24(31)19-8-5-6-9-20(19)25(29)32)14-17-15-27-21-13-16(11-12-18(17)21)7-3-2-4-10-23(30)28-34/h5-6,8-9,11-13,17,22,27,34H,2,4,10,14-15H2,1H3,(H,28,30)/t17?,22-/m0/s1. The van der Waals surface area contributed by atoms with Gasteiger partial charge in [0.15, 0.2) is 0 Å². The largest absolute Gasteiger partial charge is 0.467 e. The average Bonchev–Trinajstić information content (AvgIpc) is 3.39. The van der Waals surface area contributed by atoms with Crippen LogP contribution >= 0.6 is 0 Å². The van der Waals surface area contributed by atoms with E-state index in [9.17, 15) is 19.2 Å². The van der Waals surface area contributed by atoms with Crippen LogP contribution in [0.1, 0.15) is 63.4 Å². The van der Waals surface area contributed by atoms with Gasteiger partial charge in [0.1, 0.15) is 6.04 Å². The Morgan fingerprint density at radius 2 is 1.91 bits per heavy atom. The molecule has 2 heterocycles. The van der Waals surface area contributed by atoms with Crippen molar-refractivity contribution in [1.82, 2.24) is 10.4 Å². The monoisotopic (exact) mass is 475 g/mol. The second-order valence-electron chi connectivity index (χ2n) is 8.37. The predicted octanol–water partition coefficient (Wildman–Crippen LogP) is 2.45. The number of hydroxylamine groups is 1. The fourth-order valence-electron chi connectivity index (χ4n) is 4.46. The van der Waals surface area contributed by atoms with E-state index in [4.69, 9.17) is 9.94 Å². The smallest absolute Gasteiger partial charge is 0.329 e. The average molecular weight is 476 g/mol. The number of ether oxygens (including phenoxy) is 1. The molecule has 0 spiro atoms. The first-order valence-electron chi connectivity index (χ1n) is 11.3. The minimum atomic E-state index is -1.04. The number of carbonyl (C=O) groups excluding carboxylic acids is 4. The molecule has 0 aliphatic carbocycles. The summed E-state index contributed by atoms with van der Waals surface area (Å²) in [6.45, 7) is 0.541. The molecule has 0 bridgehead atoms. The van der Waals surface area contributed by atoms with Crippen molar-refractivity contribution in [2.24, 2.45) is 0 Å². The third-order valence-electron chi connectivity index (χ3n) is 6.21. The summed E-state index contributed by atoms with van der Waals surface area (Å²) in [5, 5.41) is 11.8. The molecule has 2 aromatic rings. The number of hydrogen-bond acceptors (Lipinski definition) is 7. The van der Waals surface area contributed by atoms with E-state index >= 15 is 0 Å². The molecule has 9 heteroatoms. The zero-order valence-electron chi connectivity index (χ0n) is 19.2. The van der Waals surface area contributed by atoms with Crippen LogP contribution in [0.5, 0.6) is 0 Å². The molecule has 0 aromatic heterocycles. The van der Waals surface area contributed by atoms with Crippen LogP contribution in [-0.4, -0.2) is 53.5 Å². The molecule has 180 valence electrons. The summed E-state index contributed by atoms with van der Waals surface area (Å²) in [4.78, 5) is 50.7. The number of methoxy groups -OCH3 is 1. The van der Waals surface area contributed by atoms with Crippen molar-refractivity contribution < 1.29 is 29.1 Å². The number of imide groups is 1. The fourth-order valence-corrected chi connectivity index (χ4v) is 4.46. The Labute approximate surface area is 202 Å². The zero-order valence-corrected chi connectivity index (χ0v) is 19.2. The van der Waals surface area contributed by atoms with Gasteiger partial charge < -0.3 is 10.1 Å². The minimum Gasteiger partial charge on any atom is -0.467 e. The molecule has 0 fully saturated rings. The first-order valence-corrected chi connectivity index (χ1v) is 11.3. The molecule has 35 heavy (non-hydrogen) atoms. The number of carbonyl (C=O) groups is 4. The molecule has 2 aliphatic heterocycles. The van der Waals surface area contributed by atoms with E-state index < -0.39 is 29.7 Å². The molecule has 2 aliphatic rings. The number of esters is 1. The van der Waals surface area contributed by atoms with E-state index in [0.717, 1.165) is 21.7 Å². The van der Waals surface area contributed by atoms with Crippen LogP contribution in [-0.2, 0) is 14.3 Å². The molecule has 3 amide bonds. The maximum atomic E-state index is 13.0. The van der Waals surface area contributed by atoms with Gasteiger partial charge in [-0.15, -0.1) is 0 Å². The summed E-state index contributed by atoms with van der Waals surface area (Å²) in [7, 11) is 1.25. The highest BCUT2D eigenvalue weighted by molar-refractivity contribution is 6.22. The molecule has 4 rings (SSSR count). The molecule has 0 saturated carbocycles. The summed E-state index contributed by atoms with van der Waals surface area (Å²) < 4.78 is 4.96. The predicted molar refractivity (Wildman–Crippen MR) is 126 cm³/mol. The first kappa shape index (κ1) is 24.0. The topological polar surface area (TPSA) is 125 Å². The number of rotatable bonds is 7. The number of amides is 3. The number of nitrogens with one attached hydrogen (secondary N) is 2. The molecule has 3 N–H and O–H groups in total. The highest BCUT2D eigenvalue weighted by Gasteiger charge is 2.44. The minimum absolute atomic E-state index is 0.114. The van der Waals surface area contributed by atoms with E-state index in [0.29, 0.717) is 19.4 Å². The number of fused-ring (bicyclic) bond motifs is 2. The van der Waals surface area contributed by atoms with E-state index in [1.54, 1.807) is 29.7 Å². The van der Waals surface area contributed by atoms with Crippen molar-refractivity contribution in [3.8, 4) is 11.8 Å². The molecular weight excluding hydrogens is 450 g/mol. The molecule has 0 saturated heterocycles. The van der Waals surface area contributed by atoms with Gasteiger partial charge >= 0.3 is 5.97 Å². The number of anilines is 1. The normalized spacial score (nSPS) is 16.5. The lowest BCUT2D eigenvalue weighted by Gasteiger charge is -2.26. The lowest BCUT2D eigenvalue weighted by atomic mass is 9.92. The maximum absolute atomic E-state index is 13.0. The summed E-state index contributed by atoms with van der Waals surface area (Å²) in [6, 6.07) is 11.2. The molecule has 2 atom stereocenters. The van der Waals surface area contributed by atoms with Crippen LogP contribution < -0.4 is 10.8 Å². The third kappa shape index (κ3) is 4.88. The van der Waals surface area contributed by atoms with Crippen molar-refractivity contribution in [3.63, 3.8) is 0 Å². The Balaban J connectivity index is 1.48. The van der Waals surface area contributed by atoms with Gasteiger partial charge in [0.2, 0.25) is 5.91 Å². The van der Waals surface area contributed by atoms with Gasteiger partial charge in [-0.05, 0) is 42.7 Å². The van der Waals surface area contributed by atoms with Crippen molar-refractivity contribution in [3.05, 3.63) is 64.7 Å².